The molecule has 0 saturated carbocycles. The van der Waals surface area contributed by atoms with Gasteiger partial charge in [-0.3, -0.25) is 0 Å². The van der Waals surface area contributed by atoms with Crippen molar-refractivity contribution in [3.63, 3.8) is 0 Å². The molecule has 0 amide bonds. The first-order valence-electron chi connectivity index (χ1n) is 2.51. The van der Waals surface area contributed by atoms with Crippen LogP contribution in [0.15, 0.2) is 0 Å². The molecular formula is C5H13LiN2. The smallest absolute Gasteiger partial charge is 0.593 e. The quantitative estimate of drug-likeness (QED) is 0.303. The predicted molar refractivity (Wildman–Crippen MR) is 32.2 cm³/mol. The SMILES string of the molecule is CC(C)[N-]N(C)C.[Li+]. The average molecular weight is 108 g/mol. The molecule has 0 bridgehead atoms. The van der Waals surface area contributed by atoms with Crippen LogP contribution in [0.25, 0.3) is 5.43 Å². The summed E-state index contributed by atoms with van der Waals surface area (Å²) in [5.74, 6) is 0. The summed E-state index contributed by atoms with van der Waals surface area (Å²) in [6.45, 7) is 4.11. The summed E-state index contributed by atoms with van der Waals surface area (Å²) in [4.78, 5) is 0. The Labute approximate surface area is 63.8 Å². The molecule has 0 saturated heterocycles. The summed E-state index contributed by atoms with van der Waals surface area (Å²) in [5, 5.41) is 1.82. The Kier molecular flexibility index (Phi) is 8.00. The molecule has 0 aromatic heterocycles. The molecule has 0 radical (unpaired) electrons. The van der Waals surface area contributed by atoms with Gasteiger partial charge in [0, 0.05) is 0 Å². The molecule has 0 aromatic rings. The van der Waals surface area contributed by atoms with E-state index in [1.807, 2.05) is 19.1 Å². The van der Waals surface area contributed by atoms with Gasteiger partial charge in [-0.05, 0) is 14.1 Å². The number of rotatable bonds is 2. The van der Waals surface area contributed by atoms with E-state index in [4.69, 9.17) is 0 Å². The van der Waals surface area contributed by atoms with E-state index >= 15 is 0 Å². The van der Waals surface area contributed by atoms with E-state index in [1.165, 1.54) is 0 Å². The maximum atomic E-state index is 4.11. The third-order valence-electron chi connectivity index (χ3n) is 0.462. The third kappa shape index (κ3) is 9.72. The van der Waals surface area contributed by atoms with Crippen molar-refractivity contribution in [2.75, 3.05) is 14.1 Å². The summed E-state index contributed by atoms with van der Waals surface area (Å²) >= 11 is 0. The van der Waals surface area contributed by atoms with Crippen molar-refractivity contribution in [2.24, 2.45) is 0 Å². The molecule has 0 aliphatic heterocycles. The van der Waals surface area contributed by atoms with Gasteiger partial charge in [0.05, 0.1) is 0 Å². The molecule has 3 heteroatoms. The molecule has 0 unspecified atom stereocenters. The second kappa shape index (κ2) is 5.65. The van der Waals surface area contributed by atoms with Crippen LogP contribution >= 0.6 is 0 Å². The molecular weight excluding hydrogens is 95.0 g/mol. The first kappa shape index (κ1) is 11.3. The van der Waals surface area contributed by atoms with Gasteiger partial charge in [-0.2, -0.15) is 0 Å². The molecule has 8 heavy (non-hydrogen) atoms. The van der Waals surface area contributed by atoms with Crippen LogP contribution in [0, 0.1) is 0 Å². The minimum Gasteiger partial charge on any atom is -0.593 e. The van der Waals surface area contributed by atoms with Gasteiger partial charge < -0.3 is 10.4 Å². The minimum atomic E-state index is 0. The van der Waals surface area contributed by atoms with E-state index in [0.29, 0.717) is 6.04 Å². The van der Waals surface area contributed by atoms with E-state index in [9.17, 15) is 0 Å². The van der Waals surface area contributed by atoms with Crippen LogP contribution < -0.4 is 18.9 Å². The second-order valence-corrected chi connectivity index (χ2v) is 2.06. The summed E-state index contributed by atoms with van der Waals surface area (Å²) in [6.07, 6.45) is 0. The third-order valence-corrected chi connectivity index (χ3v) is 0.462. The predicted octanol–water partition coefficient (Wildman–Crippen LogP) is -1.75. The Hall–Kier alpha value is 0.517. The Balaban J connectivity index is 0. The molecule has 0 N–H and O–H groups in total. The number of nitrogens with zero attached hydrogens (tertiary/aromatic N) is 2. The number of hydrogen-bond donors (Lipinski definition) is 0. The van der Waals surface area contributed by atoms with Crippen LogP contribution in [-0.2, 0) is 0 Å². The molecule has 2 nitrogen and oxygen atoms in total. The standard InChI is InChI=1S/C5H13N2.Li/c1-5(2)6-7(3)4;/h5H,1-4H3;/q-1;+1. The van der Waals surface area contributed by atoms with Gasteiger partial charge in [-0.15, -0.1) is 6.04 Å². The largest absolute Gasteiger partial charge is 1.00 e. The molecule has 0 aliphatic carbocycles. The van der Waals surface area contributed by atoms with Gasteiger partial charge in [0.25, 0.3) is 0 Å². The molecule has 0 atom stereocenters. The van der Waals surface area contributed by atoms with E-state index in [1.54, 1.807) is 0 Å². The Morgan fingerprint density at radius 3 is 1.62 bits per heavy atom. The van der Waals surface area contributed by atoms with Crippen molar-refractivity contribution < 1.29 is 18.9 Å². The normalized spacial score (nSPS) is 9.75. The van der Waals surface area contributed by atoms with Crippen molar-refractivity contribution in [2.45, 2.75) is 19.9 Å². The average Bonchev–Trinajstić information content (AvgIpc) is 1.27. The van der Waals surface area contributed by atoms with Crippen LogP contribution in [0.5, 0.6) is 0 Å². The Morgan fingerprint density at radius 1 is 1.25 bits per heavy atom. The number of hydrogen-bond acceptors (Lipinski definition) is 1. The molecule has 0 rings (SSSR count). The molecule has 0 aliphatic rings. The Bertz CT molecular complexity index is 39.7. The first-order valence-corrected chi connectivity index (χ1v) is 2.51. The van der Waals surface area contributed by atoms with Gasteiger partial charge in [-0.1, -0.05) is 13.8 Å². The van der Waals surface area contributed by atoms with Crippen LogP contribution in [0.4, 0.5) is 0 Å². The van der Waals surface area contributed by atoms with Crippen LogP contribution in [-0.4, -0.2) is 25.1 Å². The van der Waals surface area contributed by atoms with Gasteiger partial charge >= 0.3 is 18.9 Å². The van der Waals surface area contributed by atoms with E-state index in [0.717, 1.165) is 0 Å². The maximum Gasteiger partial charge on any atom is 1.00 e. The zero-order valence-electron chi connectivity index (χ0n) is 6.47. The van der Waals surface area contributed by atoms with Crippen LogP contribution in [0.1, 0.15) is 13.8 Å². The zero-order chi connectivity index (χ0) is 5.86. The fourth-order valence-corrected chi connectivity index (χ4v) is 0.462. The van der Waals surface area contributed by atoms with Crippen molar-refractivity contribution in [1.82, 2.24) is 5.01 Å². The van der Waals surface area contributed by atoms with Crippen LogP contribution in [0.2, 0.25) is 0 Å². The van der Waals surface area contributed by atoms with Gasteiger partial charge in [-0.25, -0.2) is 0 Å². The summed E-state index contributed by atoms with van der Waals surface area (Å²) < 4.78 is 0. The monoisotopic (exact) mass is 108 g/mol. The molecule has 0 spiro atoms. The van der Waals surface area contributed by atoms with Gasteiger partial charge in [0.15, 0.2) is 0 Å². The zero-order valence-corrected chi connectivity index (χ0v) is 6.47. The fourth-order valence-electron chi connectivity index (χ4n) is 0.462. The second-order valence-electron chi connectivity index (χ2n) is 2.06. The van der Waals surface area contributed by atoms with Crippen LogP contribution in [0.3, 0.4) is 0 Å². The van der Waals surface area contributed by atoms with Crippen molar-refractivity contribution in [3.8, 4) is 0 Å². The molecule has 0 aromatic carbocycles. The van der Waals surface area contributed by atoms with Gasteiger partial charge in [0.1, 0.15) is 0 Å². The maximum absolute atomic E-state index is 4.11. The summed E-state index contributed by atoms with van der Waals surface area (Å²) in [7, 11) is 3.86. The summed E-state index contributed by atoms with van der Waals surface area (Å²) in [6, 6.07) is 0.426. The molecule has 44 valence electrons. The van der Waals surface area contributed by atoms with Crippen molar-refractivity contribution in [1.29, 1.82) is 0 Å². The summed E-state index contributed by atoms with van der Waals surface area (Å²) in [5.41, 5.74) is 4.11. The van der Waals surface area contributed by atoms with E-state index in [2.05, 4.69) is 19.3 Å². The fraction of sp³-hybridized carbons (Fsp3) is 1.00. The Morgan fingerprint density at radius 2 is 1.62 bits per heavy atom. The van der Waals surface area contributed by atoms with E-state index in [-0.39, 0.29) is 18.9 Å². The van der Waals surface area contributed by atoms with Crippen molar-refractivity contribution >= 4 is 0 Å². The topological polar surface area (TPSA) is 17.3 Å². The van der Waals surface area contributed by atoms with E-state index < -0.39 is 0 Å². The molecule has 0 fully saturated rings. The minimum absolute atomic E-state index is 0. The first-order chi connectivity index (χ1) is 3.13. The molecule has 0 heterocycles. The van der Waals surface area contributed by atoms with Gasteiger partial charge in [0.2, 0.25) is 0 Å². The van der Waals surface area contributed by atoms with Crippen molar-refractivity contribution in [3.05, 3.63) is 5.43 Å².